The number of aromatic amines is 1. The molecule has 0 aliphatic carbocycles. The third-order valence-electron chi connectivity index (χ3n) is 4.11. The summed E-state index contributed by atoms with van der Waals surface area (Å²) in [7, 11) is -2.02. The van der Waals surface area contributed by atoms with Gasteiger partial charge < -0.3 is 9.47 Å². The molecule has 9 nitrogen and oxygen atoms in total. The predicted octanol–water partition coefficient (Wildman–Crippen LogP) is -0.159. The number of imidazole rings is 1. The van der Waals surface area contributed by atoms with Crippen LogP contribution in [0.5, 0.6) is 0 Å². The number of aromatic nitrogens is 4. The number of rotatable bonds is 5. The Morgan fingerprint density at radius 1 is 1.38 bits per heavy atom. The van der Waals surface area contributed by atoms with Crippen LogP contribution in [0.2, 0.25) is 0 Å². The highest BCUT2D eigenvalue weighted by atomic mass is 32.2. The van der Waals surface area contributed by atoms with Crippen LogP contribution in [0, 0.1) is 0 Å². The number of nitrogens with one attached hydrogen (secondary N) is 2. The van der Waals surface area contributed by atoms with Crippen molar-refractivity contribution in [3.05, 3.63) is 34.9 Å². The van der Waals surface area contributed by atoms with Crippen LogP contribution in [-0.4, -0.2) is 47.3 Å². The lowest BCUT2D eigenvalue weighted by Crippen LogP contribution is -2.47. The van der Waals surface area contributed by atoms with Crippen molar-refractivity contribution in [1.82, 2.24) is 24.5 Å². The summed E-state index contributed by atoms with van der Waals surface area (Å²) in [6.07, 6.45) is 5.92. The maximum absolute atomic E-state index is 12.4. The fourth-order valence-electron chi connectivity index (χ4n) is 2.89. The lowest BCUT2D eigenvalue weighted by molar-refractivity contribution is 0.447. The molecule has 1 aliphatic heterocycles. The van der Waals surface area contributed by atoms with E-state index in [2.05, 4.69) is 19.9 Å². The summed E-state index contributed by atoms with van der Waals surface area (Å²) in [5, 5.41) is 6.47. The Kier molecular flexibility index (Phi) is 4.67. The standard InChI is InChI=1S/C14H20N6O3S/c1-19-9-7-15-14(19)24(22,23)16-10-11-4-2-3-8-20(11)12-5-6-13(21)18-17-12/h5-7,9,11,16H,2-4,8,10H2,1H3,(H,18,21). The molecule has 0 amide bonds. The zero-order valence-electron chi connectivity index (χ0n) is 13.3. The van der Waals surface area contributed by atoms with Gasteiger partial charge in [0, 0.05) is 44.6 Å². The average molecular weight is 352 g/mol. The molecule has 1 saturated heterocycles. The van der Waals surface area contributed by atoms with E-state index in [9.17, 15) is 13.2 Å². The second-order valence-corrected chi connectivity index (χ2v) is 7.46. The highest BCUT2D eigenvalue weighted by molar-refractivity contribution is 7.89. The van der Waals surface area contributed by atoms with Crippen LogP contribution in [0.4, 0.5) is 5.82 Å². The number of H-pyrrole nitrogens is 1. The van der Waals surface area contributed by atoms with E-state index in [1.54, 1.807) is 19.3 Å². The van der Waals surface area contributed by atoms with Crippen molar-refractivity contribution < 1.29 is 8.42 Å². The number of hydrogen-bond acceptors (Lipinski definition) is 6. The summed E-state index contributed by atoms with van der Waals surface area (Å²) < 4.78 is 28.8. The van der Waals surface area contributed by atoms with E-state index < -0.39 is 10.0 Å². The Balaban J connectivity index is 1.74. The van der Waals surface area contributed by atoms with Crippen LogP contribution < -0.4 is 15.2 Å². The first kappa shape index (κ1) is 16.7. The van der Waals surface area contributed by atoms with E-state index in [1.165, 1.54) is 16.8 Å². The predicted molar refractivity (Wildman–Crippen MR) is 88.2 cm³/mol. The Labute approximate surface area is 139 Å². The monoisotopic (exact) mass is 352 g/mol. The van der Waals surface area contributed by atoms with Gasteiger partial charge in [0.1, 0.15) is 5.82 Å². The first-order valence-electron chi connectivity index (χ1n) is 7.77. The van der Waals surface area contributed by atoms with Gasteiger partial charge in [0.2, 0.25) is 5.16 Å². The minimum absolute atomic E-state index is 0.00738. The molecule has 0 radical (unpaired) electrons. The Hall–Kier alpha value is -2.20. The quantitative estimate of drug-likeness (QED) is 0.773. The molecule has 1 aliphatic rings. The molecule has 0 bridgehead atoms. The summed E-state index contributed by atoms with van der Waals surface area (Å²) in [6.45, 7) is 1.03. The van der Waals surface area contributed by atoms with Gasteiger partial charge >= 0.3 is 0 Å². The SMILES string of the molecule is Cn1ccnc1S(=O)(=O)NCC1CCCCN1c1ccc(=O)[nH]n1. The number of sulfonamides is 1. The maximum Gasteiger partial charge on any atom is 0.274 e. The third kappa shape index (κ3) is 3.49. The second-order valence-electron chi connectivity index (χ2n) is 5.80. The van der Waals surface area contributed by atoms with Gasteiger partial charge in [-0.3, -0.25) is 4.79 Å². The lowest BCUT2D eigenvalue weighted by atomic mass is 10.0. The van der Waals surface area contributed by atoms with Crippen molar-refractivity contribution in [2.24, 2.45) is 7.05 Å². The third-order valence-corrected chi connectivity index (χ3v) is 5.53. The molecule has 24 heavy (non-hydrogen) atoms. The summed E-state index contributed by atoms with van der Waals surface area (Å²) in [5.74, 6) is 0.649. The van der Waals surface area contributed by atoms with Crippen molar-refractivity contribution in [1.29, 1.82) is 0 Å². The minimum atomic E-state index is -3.66. The first-order valence-corrected chi connectivity index (χ1v) is 9.25. The molecule has 2 aromatic heterocycles. The molecular formula is C14H20N6O3S. The Morgan fingerprint density at radius 2 is 2.21 bits per heavy atom. The molecule has 1 fully saturated rings. The van der Waals surface area contributed by atoms with E-state index in [1.807, 2.05) is 4.90 Å². The van der Waals surface area contributed by atoms with Gasteiger partial charge in [-0.2, -0.15) is 5.10 Å². The number of hydrogen-bond donors (Lipinski definition) is 2. The van der Waals surface area contributed by atoms with Crippen LogP contribution >= 0.6 is 0 Å². The number of nitrogens with zero attached hydrogens (tertiary/aromatic N) is 4. The van der Waals surface area contributed by atoms with Crippen LogP contribution in [0.15, 0.2) is 34.5 Å². The molecule has 0 spiro atoms. The van der Waals surface area contributed by atoms with Gasteiger partial charge in [-0.15, -0.1) is 0 Å². The number of aryl methyl sites for hydroxylation is 1. The van der Waals surface area contributed by atoms with Crippen LogP contribution in [-0.2, 0) is 17.1 Å². The van der Waals surface area contributed by atoms with Gasteiger partial charge in [0.15, 0.2) is 0 Å². The Bertz CT molecular complexity index is 839. The number of anilines is 1. The zero-order chi connectivity index (χ0) is 17.2. The van der Waals surface area contributed by atoms with Gasteiger partial charge in [0.05, 0.1) is 0 Å². The van der Waals surface area contributed by atoms with Gasteiger partial charge in [-0.1, -0.05) is 0 Å². The summed E-state index contributed by atoms with van der Waals surface area (Å²) >= 11 is 0. The second kappa shape index (κ2) is 6.73. The largest absolute Gasteiger partial charge is 0.351 e. The highest BCUT2D eigenvalue weighted by Crippen LogP contribution is 2.22. The van der Waals surface area contributed by atoms with Crippen molar-refractivity contribution in [3.8, 4) is 0 Å². The fourth-order valence-corrected chi connectivity index (χ4v) is 4.07. The highest BCUT2D eigenvalue weighted by Gasteiger charge is 2.27. The molecule has 1 unspecified atom stereocenters. The van der Waals surface area contributed by atoms with Crippen molar-refractivity contribution >= 4 is 15.8 Å². The number of piperidine rings is 1. The van der Waals surface area contributed by atoms with Gasteiger partial charge in [-0.25, -0.2) is 23.2 Å². The molecule has 2 aromatic rings. The summed E-state index contributed by atoms with van der Waals surface area (Å²) in [5.41, 5.74) is -0.261. The molecule has 2 N–H and O–H groups in total. The first-order chi connectivity index (χ1) is 11.5. The topological polar surface area (TPSA) is 113 Å². The minimum Gasteiger partial charge on any atom is -0.351 e. The van der Waals surface area contributed by atoms with E-state index in [0.29, 0.717) is 5.82 Å². The van der Waals surface area contributed by atoms with Gasteiger partial charge in [0.25, 0.3) is 15.6 Å². The van der Waals surface area contributed by atoms with Crippen LogP contribution in [0.25, 0.3) is 0 Å². The van der Waals surface area contributed by atoms with Crippen molar-refractivity contribution in [2.75, 3.05) is 18.0 Å². The van der Waals surface area contributed by atoms with E-state index in [4.69, 9.17) is 0 Å². The summed E-state index contributed by atoms with van der Waals surface area (Å²) in [4.78, 5) is 17.1. The molecule has 0 saturated carbocycles. The van der Waals surface area contributed by atoms with E-state index in [-0.39, 0.29) is 23.3 Å². The molecule has 1 atom stereocenters. The molecule has 130 valence electrons. The van der Waals surface area contributed by atoms with Crippen LogP contribution in [0.1, 0.15) is 19.3 Å². The fraction of sp³-hybridized carbons (Fsp3) is 0.500. The molecule has 3 heterocycles. The van der Waals surface area contributed by atoms with E-state index >= 15 is 0 Å². The summed E-state index contributed by atoms with van der Waals surface area (Å²) in [6, 6.07) is 3.06. The van der Waals surface area contributed by atoms with Crippen molar-refractivity contribution in [3.63, 3.8) is 0 Å². The maximum atomic E-state index is 12.4. The molecule has 3 rings (SSSR count). The molecular weight excluding hydrogens is 332 g/mol. The average Bonchev–Trinajstić information content (AvgIpc) is 3.01. The lowest BCUT2D eigenvalue weighted by Gasteiger charge is -2.36. The zero-order valence-corrected chi connectivity index (χ0v) is 14.2. The molecule has 10 heteroatoms. The Morgan fingerprint density at radius 3 is 2.88 bits per heavy atom. The normalized spacial score (nSPS) is 18.7. The smallest absolute Gasteiger partial charge is 0.274 e. The van der Waals surface area contributed by atoms with Crippen molar-refractivity contribution in [2.45, 2.75) is 30.5 Å². The molecule has 0 aromatic carbocycles. The van der Waals surface area contributed by atoms with E-state index in [0.717, 1.165) is 25.8 Å². The van der Waals surface area contributed by atoms with Gasteiger partial charge in [-0.05, 0) is 25.3 Å². The van der Waals surface area contributed by atoms with Crippen LogP contribution in [0.3, 0.4) is 0 Å².